The van der Waals surface area contributed by atoms with Gasteiger partial charge in [-0.1, -0.05) is 6.07 Å². The van der Waals surface area contributed by atoms with Gasteiger partial charge >= 0.3 is 0 Å². The third-order valence-corrected chi connectivity index (χ3v) is 3.63. The number of amides is 1. The Hall–Kier alpha value is -3.20. The van der Waals surface area contributed by atoms with E-state index in [1.165, 1.54) is 0 Å². The van der Waals surface area contributed by atoms with Crippen molar-refractivity contribution in [2.75, 3.05) is 26.1 Å². The predicted octanol–water partition coefficient (Wildman–Crippen LogP) is 2.69. The van der Waals surface area contributed by atoms with Crippen LogP contribution < -0.4 is 20.1 Å². The van der Waals surface area contributed by atoms with Crippen LogP contribution in [0.2, 0.25) is 0 Å². The fraction of sp³-hybridized carbons (Fsp3) is 0.263. The first-order chi connectivity index (χ1) is 12.2. The molecule has 2 rings (SSSR count). The minimum absolute atomic E-state index is 0.0454. The maximum Gasteiger partial charge on any atom is 0.222 e. The Morgan fingerprint density at radius 3 is 2.44 bits per heavy atom. The number of carbonyl (C=O) groups is 1. The third kappa shape index (κ3) is 5.43. The Kier molecular flexibility index (Phi) is 6.66. The molecule has 6 heteroatoms. The molecule has 25 heavy (non-hydrogen) atoms. The zero-order valence-electron chi connectivity index (χ0n) is 14.3. The summed E-state index contributed by atoms with van der Waals surface area (Å²) in [5.41, 5.74) is 2.43. The first-order valence-corrected chi connectivity index (χ1v) is 7.88. The maximum absolute atomic E-state index is 11.9. The van der Waals surface area contributed by atoms with E-state index in [0.29, 0.717) is 36.6 Å². The molecule has 130 valence electrons. The molecule has 0 aromatic heterocycles. The van der Waals surface area contributed by atoms with Gasteiger partial charge < -0.3 is 20.1 Å². The molecule has 0 radical (unpaired) electrons. The summed E-state index contributed by atoms with van der Waals surface area (Å²) in [5, 5.41) is 14.8. The van der Waals surface area contributed by atoms with Gasteiger partial charge in [0.2, 0.25) is 5.91 Å². The Bertz CT molecular complexity index is 751. The predicted molar refractivity (Wildman–Crippen MR) is 95.7 cm³/mol. The van der Waals surface area contributed by atoms with Gasteiger partial charge in [0.15, 0.2) is 11.5 Å². The number of carbonyl (C=O) groups excluding carboxylic acids is 1. The second-order valence-electron chi connectivity index (χ2n) is 5.33. The van der Waals surface area contributed by atoms with E-state index in [0.717, 1.165) is 11.3 Å². The molecule has 0 aliphatic carbocycles. The second kappa shape index (κ2) is 9.18. The molecule has 0 aliphatic heterocycles. The molecule has 0 spiro atoms. The van der Waals surface area contributed by atoms with Crippen LogP contribution >= 0.6 is 0 Å². The summed E-state index contributed by atoms with van der Waals surface area (Å²) in [7, 11) is 3.16. The van der Waals surface area contributed by atoms with Crippen LogP contribution in [-0.2, 0) is 11.3 Å². The van der Waals surface area contributed by atoms with E-state index in [2.05, 4.69) is 16.7 Å². The van der Waals surface area contributed by atoms with Crippen LogP contribution in [0.5, 0.6) is 11.5 Å². The number of hydrogen-bond donors (Lipinski definition) is 2. The summed E-state index contributed by atoms with van der Waals surface area (Å²) >= 11 is 0. The second-order valence-corrected chi connectivity index (χ2v) is 5.33. The molecule has 0 atom stereocenters. The third-order valence-electron chi connectivity index (χ3n) is 3.63. The van der Waals surface area contributed by atoms with Crippen molar-refractivity contribution in [3.8, 4) is 17.6 Å². The molecule has 0 heterocycles. The van der Waals surface area contributed by atoms with Gasteiger partial charge in [0.05, 0.1) is 25.9 Å². The largest absolute Gasteiger partial charge is 0.493 e. The van der Waals surface area contributed by atoms with Crippen LogP contribution in [0, 0.1) is 11.3 Å². The molecule has 0 bridgehead atoms. The number of ether oxygens (including phenoxy) is 2. The van der Waals surface area contributed by atoms with E-state index in [9.17, 15) is 4.79 Å². The average Bonchev–Trinajstić information content (AvgIpc) is 2.66. The molecule has 2 N–H and O–H groups in total. The van der Waals surface area contributed by atoms with Gasteiger partial charge in [0, 0.05) is 25.2 Å². The van der Waals surface area contributed by atoms with Crippen molar-refractivity contribution in [3.63, 3.8) is 0 Å². The van der Waals surface area contributed by atoms with E-state index < -0.39 is 0 Å². The number of nitrogens with zero attached hydrogens (tertiary/aromatic N) is 1. The number of anilines is 1. The van der Waals surface area contributed by atoms with E-state index >= 15 is 0 Å². The monoisotopic (exact) mass is 339 g/mol. The lowest BCUT2D eigenvalue weighted by Crippen LogP contribution is -2.24. The van der Waals surface area contributed by atoms with Crippen molar-refractivity contribution in [1.82, 2.24) is 5.32 Å². The standard InChI is InChI=1S/C19H21N3O3/c1-24-17-8-5-15(11-18(17)25-2)13-22-19(23)9-10-21-16-6-3-14(12-20)4-7-16/h3-8,11,21H,9-10,13H2,1-2H3,(H,22,23). The Morgan fingerprint density at radius 1 is 1.08 bits per heavy atom. The van der Waals surface area contributed by atoms with Gasteiger partial charge in [0.1, 0.15) is 0 Å². The summed E-state index contributed by atoms with van der Waals surface area (Å²) in [6.07, 6.45) is 0.354. The molecule has 2 aromatic carbocycles. The fourth-order valence-electron chi connectivity index (χ4n) is 2.26. The van der Waals surface area contributed by atoms with E-state index in [1.54, 1.807) is 26.4 Å². The van der Waals surface area contributed by atoms with Gasteiger partial charge in [-0.05, 0) is 42.0 Å². The van der Waals surface area contributed by atoms with Crippen LogP contribution in [0.15, 0.2) is 42.5 Å². The lowest BCUT2D eigenvalue weighted by atomic mass is 10.2. The zero-order valence-corrected chi connectivity index (χ0v) is 14.3. The minimum Gasteiger partial charge on any atom is -0.493 e. The Labute approximate surface area is 147 Å². The summed E-state index contributed by atoms with van der Waals surface area (Å²) in [4.78, 5) is 11.9. The van der Waals surface area contributed by atoms with Gasteiger partial charge in [-0.3, -0.25) is 4.79 Å². The number of rotatable bonds is 8. The SMILES string of the molecule is COc1ccc(CNC(=O)CCNc2ccc(C#N)cc2)cc1OC. The molecule has 1 amide bonds. The summed E-state index contributed by atoms with van der Waals surface area (Å²) in [5.74, 6) is 1.25. The first-order valence-electron chi connectivity index (χ1n) is 7.88. The van der Waals surface area contributed by atoms with Gasteiger partial charge in [-0.15, -0.1) is 0 Å². The van der Waals surface area contributed by atoms with Crippen molar-refractivity contribution in [2.24, 2.45) is 0 Å². The summed E-state index contributed by atoms with van der Waals surface area (Å²) < 4.78 is 10.4. The highest BCUT2D eigenvalue weighted by Crippen LogP contribution is 2.27. The zero-order chi connectivity index (χ0) is 18.1. The van der Waals surface area contributed by atoms with E-state index in [4.69, 9.17) is 14.7 Å². The Morgan fingerprint density at radius 2 is 1.80 bits per heavy atom. The normalized spacial score (nSPS) is 9.80. The molecule has 0 unspecified atom stereocenters. The first kappa shape index (κ1) is 18.1. The molecule has 0 saturated carbocycles. The number of benzene rings is 2. The highest BCUT2D eigenvalue weighted by atomic mass is 16.5. The summed E-state index contributed by atoms with van der Waals surface area (Å²) in [6, 6.07) is 14.7. The molecule has 2 aromatic rings. The van der Waals surface area contributed by atoms with Crippen molar-refractivity contribution in [3.05, 3.63) is 53.6 Å². The lowest BCUT2D eigenvalue weighted by molar-refractivity contribution is -0.121. The Balaban J connectivity index is 1.76. The quantitative estimate of drug-likeness (QED) is 0.772. The number of hydrogen-bond acceptors (Lipinski definition) is 5. The van der Waals surface area contributed by atoms with Crippen molar-refractivity contribution in [2.45, 2.75) is 13.0 Å². The molecular weight excluding hydrogens is 318 g/mol. The average molecular weight is 339 g/mol. The topological polar surface area (TPSA) is 83.4 Å². The summed E-state index contributed by atoms with van der Waals surface area (Å²) in [6.45, 7) is 0.944. The molecule has 0 aliphatic rings. The van der Waals surface area contributed by atoms with E-state index in [-0.39, 0.29) is 5.91 Å². The molecule has 6 nitrogen and oxygen atoms in total. The number of nitriles is 1. The van der Waals surface area contributed by atoms with Crippen molar-refractivity contribution < 1.29 is 14.3 Å². The van der Waals surface area contributed by atoms with Crippen LogP contribution in [0.4, 0.5) is 5.69 Å². The molecular formula is C19H21N3O3. The fourth-order valence-corrected chi connectivity index (χ4v) is 2.26. The van der Waals surface area contributed by atoms with Crippen molar-refractivity contribution in [1.29, 1.82) is 5.26 Å². The van der Waals surface area contributed by atoms with Crippen LogP contribution in [0.1, 0.15) is 17.5 Å². The smallest absolute Gasteiger partial charge is 0.222 e. The minimum atomic E-state index is -0.0454. The van der Waals surface area contributed by atoms with Crippen LogP contribution in [0.3, 0.4) is 0 Å². The van der Waals surface area contributed by atoms with E-state index in [1.807, 2.05) is 30.3 Å². The van der Waals surface area contributed by atoms with Crippen molar-refractivity contribution >= 4 is 11.6 Å². The molecule has 0 fully saturated rings. The maximum atomic E-state index is 11.9. The highest BCUT2D eigenvalue weighted by molar-refractivity contribution is 5.76. The van der Waals surface area contributed by atoms with Crippen LogP contribution in [-0.4, -0.2) is 26.7 Å². The van der Waals surface area contributed by atoms with Crippen LogP contribution in [0.25, 0.3) is 0 Å². The van der Waals surface area contributed by atoms with Gasteiger partial charge in [0.25, 0.3) is 0 Å². The number of methoxy groups -OCH3 is 2. The van der Waals surface area contributed by atoms with Gasteiger partial charge in [-0.2, -0.15) is 5.26 Å². The van der Waals surface area contributed by atoms with Gasteiger partial charge in [-0.25, -0.2) is 0 Å². The lowest BCUT2D eigenvalue weighted by Gasteiger charge is -2.11. The highest BCUT2D eigenvalue weighted by Gasteiger charge is 2.06. The molecule has 0 saturated heterocycles. The number of nitrogens with one attached hydrogen (secondary N) is 2.